The summed E-state index contributed by atoms with van der Waals surface area (Å²) < 4.78 is 11.4. The zero-order valence-electron chi connectivity index (χ0n) is 24.9. The van der Waals surface area contributed by atoms with Crippen LogP contribution in [0.4, 0.5) is 0 Å². The molecule has 8 heteroatoms. The first-order valence-electron chi connectivity index (χ1n) is 15.5. The Kier molecular flexibility index (Phi) is 10.3. The van der Waals surface area contributed by atoms with Gasteiger partial charge < -0.3 is 29.5 Å². The Hall–Kier alpha value is -2.78. The Morgan fingerprint density at radius 2 is 0.952 bits per heavy atom. The molecule has 8 nitrogen and oxygen atoms in total. The first-order valence-corrected chi connectivity index (χ1v) is 15.5. The van der Waals surface area contributed by atoms with Crippen LogP contribution >= 0.6 is 0 Å². The SMILES string of the molecule is CN1[C@@H]2CC[C@H]1CC(OC(=O)C(CO)c1ccccc1)C2.CN1[C@@H]2CC[C@H]1CC(OC(=O)C(CO)c1ccccc1)C2. The summed E-state index contributed by atoms with van der Waals surface area (Å²) in [5, 5.41) is 19.1. The monoisotopic (exact) mass is 578 g/mol. The van der Waals surface area contributed by atoms with Crippen molar-refractivity contribution in [2.75, 3.05) is 27.3 Å². The lowest BCUT2D eigenvalue weighted by atomic mass is 9.98. The Bertz CT molecular complexity index is 1040. The van der Waals surface area contributed by atoms with Crippen molar-refractivity contribution in [1.29, 1.82) is 0 Å². The summed E-state index contributed by atoms with van der Waals surface area (Å²) in [7, 11) is 4.34. The number of aliphatic hydroxyl groups excluding tert-OH is 2. The number of nitrogens with zero attached hydrogens (tertiary/aromatic N) is 2. The van der Waals surface area contributed by atoms with Crippen LogP contribution in [-0.2, 0) is 19.1 Å². The minimum Gasteiger partial charge on any atom is -0.462 e. The fourth-order valence-electron chi connectivity index (χ4n) is 7.41. The average molecular weight is 579 g/mol. The highest BCUT2D eigenvalue weighted by Gasteiger charge is 2.41. The molecule has 4 heterocycles. The molecule has 2 aromatic rings. The molecule has 0 radical (unpaired) electrons. The number of fused-ring (bicyclic) bond motifs is 4. The number of piperidine rings is 2. The molecule has 228 valence electrons. The molecule has 2 N–H and O–H groups in total. The van der Waals surface area contributed by atoms with Gasteiger partial charge in [-0.15, -0.1) is 0 Å². The number of carbonyl (C=O) groups excluding carboxylic acids is 2. The predicted molar refractivity (Wildman–Crippen MR) is 160 cm³/mol. The molecular weight excluding hydrogens is 532 g/mol. The molecule has 4 unspecified atom stereocenters. The molecular formula is C34H46N2O6. The third-order valence-electron chi connectivity index (χ3n) is 10.0. The lowest BCUT2D eigenvalue weighted by molar-refractivity contribution is -0.156. The van der Waals surface area contributed by atoms with Gasteiger partial charge in [-0.2, -0.15) is 0 Å². The Balaban J connectivity index is 0.000000168. The second-order valence-electron chi connectivity index (χ2n) is 12.5. The highest BCUT2D eigenvalue weighted by Crippen LogP contribution is 2.37. The number of carbonyl (C=O) groups is 2. The molecule has 2 aromatic carbocycles. The van der Waals surface area contributed by atoms with E-state index in [0.717, 1.165) is 36.8 Å². The van der Waals surface area contributed by atoms with E-state index in [1.54, 1.807) is 0 Å². The van der Waals surface area contributed by atoms with Crippen molar-refractivity contribution >= 4 is 11.9 Å². The quantitative estimate of drug-likeness (QED) is 0.456. The third kappa shape index (κ3) is 7.05. The largest absolute Gasteiger partial charge is 0.462 e. The van der Waals surface area contributed by atoms with Crippen LogP contribution in [0.1, 0.15) is 74.3 Å². The second-order valence-corrected chi connectivity index (χ2v) is 12.5. The van der Waals surface area contributed by atoms with Crippen molar-refractivity contribution < 1.29 is 29.3 Å². The van der Waals surface area contributed by atoms with Crippen molar-refractivity contribution in [3.8, 4) is 0 Å². The second kappa shape index (κ2) is 14.1. The molecule has 42 heavy (non-hydrogen) atoms. The summed E-state index contributed by atoms with van der Waals surface area (Å²) in [5.74, 6) is -1.72. The van der Waals surface area contributed by atoms with Gasteiger partial charge in [0.25, 0.3) is 0 Å². The van der Waals surface area contributed by atoms with Crippen LogP contribution in [0, 0.1) is 0 Å². The number of aliphatic hydroxyl groups is 2. The van der Waals surface area contributed by atoms with Gasteiger partial charge in [0.05, 0.1) is 13.2 Å². The highest BCUT2D eigenvalue weighted by molar-refractivity contribution is 5.79. The van der Waals surface area contributed by atoms with Gasteiger partial charge >= 0.3 is 11.9 Å². The van der Waals surface area contributed by atoms with Gasteiger partial charge in [-0.05, 0) is 76.6 Å². The molecule has 4 bridgehead atoms. The van der Waals surface area contributed by atoms with Crippen LogP contribution in [-0.4, -0.2) is 95.6 Å². The van der Waals surface area contributed by atoms with Crippen molar-refractivity contribution in [1.82, 2.24) is 9.80 Å². The van der Waals surface area contributed by atoms with Crippen molar-refractivity contribution in [2.24, 2.45) is 0 Å². The van der Waals surface area contributed by atoms with Gasteiger partial charge in [0.2, 0.25) is 0 Å². The molecule has 4 fully saturated rings. The molecule has 0 aromatic heterocycles. The molecule has 8 atom stereocenters. The summed E-state index contributed by atoms with van der Waals surface area (Å²) in [6, 6.07) is 20.9. The van der Waals surface area contributed by atoms with Crippen molar-refractivity contribution in [3.63, 3.8) is 0 Å². The molecule has 0 aliphatic carbocycles. The average Bonchev–Trinajstić information content (AvgIpc) is 3.32. The van der Waals surface area contributed by atoms with E-state index in [-0.39, 0.29) is 37.4 Å². The first-order chi connectivity index (χ1) is 20.4. The lowest BCUT2D eigenvalue weighted by Crippen LogP contribution is -2.43. The van der Waals surface area contributed by atoms with E-state index in [2.05, 4.69) is 23.9 Å². The maximum atomic E-state index is 12.4. The Morgan fingerprint density at radius 1 is 0.643 bits per heavy atom. The Labute approximate surface area is 249 Å². The molecule has 4 aliphatic rings. The predicted octanol–water partition coefficient (Wildman–Crippen LogP) is 3.86. The zero-order valence-corrected chi connectivity index (χ0v) is 24.9. The van der Waals surface area contributed by atoms with Crippen molar-refractivity contribution in [2.45, 2.75) is 99.6 Å². The number of rotatable bonds is 8. The number of benzene rings is 2. The molecule has 0 amide bonds. The molecule has 6 rings (SSSR count). The van der Waals surface area contributed by atoms with Gasteiger partial charge in [0, 0.05) is 24.2 Å². The minimum atomic E-state index is -0.566. The standard InChI is InChI=1S/2C17H23NO3/c2*1-18-13-7-8-14(18)10-15(9-13)21-17(20)16(11-19)12-5-3-2-4-6-12/h2*2-6,13-16,19H,7-11H2,1H3/t2*13-,14+,15?,16?. The van der Waals surface area contributed by atoms with Crippen LogP contribution in [0.15, 0.2) is 60.7 Å². The van der Waals surface area contributed by atoms with Crippen LogP contribution in [0.2, 0.25) is 0 Å². The fourth-order valence-corrected chi connectivity index (χ4v) is 7.41. The fraction of sp³-hybridized carbons (Fsp3) is 0.588. The molecule has 0 spiro atoms. The van der Waals surface area contributed by atoms with E-state index in [1.807, 2.05) is 60.7 Å². The maximum Gasteiger partial charge on any atom is 0.316 e. The van der Waals surface area contributed by atoms with E-state index in [4.69, 9.17) is 9.47 Å². The Morgan fingerprint density at radius 3 is 1.24 bits per heavy atom. The molecule has 4 saturated heterocycles. The van der Waals surface area contributed by atoms with Crippen LogP contribution in [0.5, 0.6) is 0 Å². The smallest absolute Gasteiger partial charge is 0.316 e. The van der Waals surface area contributed by atoms with Gasteiger partial charge in [-0.1, -0.05) is 60.7 Å². The van der Waals surface area contributed by atoms with E-state index in [9.17, 15) is 19.8 Å². The summed E-state index contributed by atoms with van der Waals surface area (Å²) >= 11 is 0. The zero-order chi connectivity index (χ0) is 29.6. The van der Waals surface area contributed by atoms with Gasteiger partial charge in [-0.25, -0.2) is 0 Å². The number of hydrogen-bond donors (Lipinski definition) is 2. The number of hydrogen-bond acceptors (Lipinski definition) is 8. The van der Waals surface area contributed by atoms with E-state index < -0.39 is 11.8 Å². The van der Waals surface area contributed by atoms with E-state index in [0.29, 0.717) is 24.2 Å². The minimum absolute atomic E-state index is 0.00367. The van der Waals surface area contributed by atoms with Crippen LogP contribution in [0.25, 0.3) is 0 Å². The summed E-state index contributed by atoms with van der Waals surface area (Å²) in [5.41, 5.74) is 1.64. The highest BCUT2D eigenvalue weighted by atomic mass is 16.5. The van der Waals surface area contributed by atoms with Gasteiger partial charge in [-0.3, -0.25) is 9.59 Å². The lowest BCUT2D eigenvalue weighted by Gasteiger charge is -2.36. The summed E-state index contributed by atoms with van der Waals surface area (Å²) in [4.78, 5) is 29.6. The first kappa shape index (κ1) is 30.7. The van der Waals surface area contributed by atoms with E-state index in [1.165, 1.54) is 25.7 Å². The van der Waals surface area contributed by atoms with Gasteiger partial charge in [0.15, 0.2) is 0 Å². The number of ether oxygens (including phenoxy) is 2. The van der Waals surface area contributed by atoms with Crippen LogP contribution in [0.3, 0.4) is 0 Å². The third-order valence-corrected chi connectivity index (χ3v) is 10.0. The molecule has 4 aliphatic heterocycles. The summed E-state index contributed by atoms with van der Waals surface area (Å²) in [6.07, 6.45) is 8.52. The topological polar surface area (TPSA) is 99.5 Å². The van der Waals surface area contributed by atoms with E-state index >= 15 is 0 Å². The maximum absolute atomic E-state index is 12.4. The van der Waals surface area contributed by atoms with Crippen molar-refractivity contribution in [3.05, 3.63) is 71.8 Å². The summed E-state index contributed by atoms with van der Waals surface area (Å²) in [6.45, 7) is -0.412. The van der Waals surface area contributed by atoms with Crippen LogP contribution < -0.4 is 0 Å². The normalized spacial score (nSPS) is 30.1. The van der Waals surface area contributed by atoms with Gasteiger partial charge in [0.1, 0.15) is 24.0 Å². The number of esters is 2. The molecule has 0 saturated carbocycles.